The summed E-state index contributed by atoms with van der Waals surface area (Å²) in [4.78, 5) is 10.7. The SMILES string of the molecule is O=C(O)c1c2cc3ccccc3c1-2. The van der Waals surface area contributed by atoms with Crippen molar-refractivity contribution < 1.29 is 9.90 Å². The molecule has 2 aliphatic carbocycles. The van der Waals surface area contributed by atoms with Gasteiger partial charge in [0, 0.05) is 5.56 Å². The number of carbonyl (C=O) groups is 1. The zero-order valence-corrected chi connectivity index (χ0v) is 6.74. The van der Waals surface area contributed by atoms with Crippen LogP contribution in [0.4, 0.5) is 0 Å². The molecule has 1 aromatic rings. The maximum Gasteiger partial charge on any atom is 0.336 e. The zero-order chi connectivity index (χ0) is 9.00. The largest absolute Gasteiger partial charge is 0.478 e. The summed E-state index contributed by atoms with van der Waals surface area (Å²) in [5.74, 6) is -0.809. The normalized spacial score (nSPS) is 11.7. The third-order valence-corrected chi connectivity index (χ3v) is 2.47. The van der Waals surface area contributed by atoms with Crippen LogP contribution in [0.5, 0.6) is 0 Å². The molecular formula is C11H6O2. The standard InChI is InChI=1S/C11H6O2/c12-11(13)10-8-5-6-3-1-2-4-7(6)9(8)10/h1-5H,(H,12,13). The molecule has 3 rings (SSSR count). The van der Waals surface area contributed by atoms with Crippen LogP contribution in [0, 0.1) is 0 Å². The molecular weight excluding hydrogens is 164 g/mol. The monoisotopic (exact) mass is 170 g/mol. The van der Waals surface area contributed by atoms with E-state index in [9.17, 15) is 4.79 Å². The predicted molar refractivity (Wildman–Crippen MR) is 49.9 cm³/mol. The molecule has 2 heteroatoms. The molecule has 0 saturated carbocycles. The lowest BCUT2D eigenvalue weighted by atomic mass is 10.2. The van der Waals surface area contributed by atoms with Crippen LogP contribution in [0.2, 0.25) is 0 Å². The molecule has 1 N–H and O–H groups in total. The summed E-state index contributed by atoms with van der Waals surface area (Å²) < 4.78 is 0. The summed E-state index contributed by atoms with van der Waals surface area (Å²) in [6, 6.07) is 9.79. The van der Waals surface area contributed by atoms with Gasteiger partial charge in [-0.2, -0.15) is 0 Å². The Balaban J connectivity index is 2.37. The fourth-order valence-electron chi connectivity index (χ4n) is 1.85. The smallest absolute Gasteiger partial charge is 0.336 e. The van der Waals surface area contributed by atoms with Gasteiger partial charge in [-0.1, -0.05) is 24.3 Å². The van der Waals surface area contributed by atoms with Crippen LogP contribution in [0.1, 0.15) is 10.4 Å². The van der Waals surface area contributed by atoms with Gasteiger partial charge in [0.25, 0.3) is 0 Å². The van der Waals surface area contributed by atoms with Gasteiger partial charge in [-0.3, -0.25) is 0 Å². The molecule has 2 nitrogen and oxygen atoms in total. The van der Waals surface area contributed by atoms with Crippen molar-refractivity contribution in [1.82, 2.24) is 0 Å². The summed E-state index contributed by atoms with van der Waals surface area (Å²) in [6.07, 6.45) is 0. The van der Waals surface area contributed by atoms with Gasteiger partial charge < -0.3 is 5.11 Å². The van der Waals surface area contributed by atoms with Gasteiger partial charge >= 0.3 is 5.97 Å². The van der Waals surface area contributed by atoms with Gasteiger partial charge in [0.2, 0.25) is 0 Å². The predicted octanol–water partition coefficient (Wildman–Crippen LogP) is 2.52. The van der Waals surface area contributed by atoms with E-state index in [0.717, 1.165) is 21.9 Å². The molecule has 0 bridgehead atoms. The van der Waals surface area contributed by atoms with Crippen molar-refractivity contribution in [2.24, 2.45) is 0 Å². The third kappa shape index (κ3) is 0.699. The summed E-state index contributed by atoms with van der Waals surface area (Å²) >= 11 is 0. The van der Waals surface area contributed by atoms with Crippen LogP contribution < -0.4 is 0 Å². The van der Waals surface area contributed by atoms with E-state index < -0.39 is 5.97 Å². The van der Waals surface area contributed by atoms with Gasteiger partial charge in [-0.05, 0) is 22.4 Å². The Labute approximate surface area is 74.4 Å². The Morgan fingerprint density at radius 2 is 2.00 bits per heavy atom. The Morgan fingerprint density at radius 3 is 2.77 bits per heavy atom. The van der Waals surface area contributed by atoms with Gasteiger partial charge in [-0.15, -0.1) is 0 Å². The van der Waals surface area contributed by atoms with Crippen LogP contribution in [-0.4, -0.2) is 11.1 Å². The highest BCUT2D eigenvalue weighted by Gasteiger charge is 2.32. The molecule has 0 atom stereocenters. The molecule has 0 fully saturated rings. The van der Waals surface area contributed by atoms with Crippen LogP contribution >= 0.6 is 0 Å². The number of carboxylic acids is 1. The number of benzene rings is 2. The van der Waals surface area contributed by atoms with Gasteiger partial charge in [-0.25, -0.2) is 4.79 Å². The Morgan fingerprint density at radius 1 is 1.23 bits per heavy atom. The maximum absolute atomic E-state index is 10.7. The van der Waals surface area contributed by atoms with Crippen molar-refractivity contribution in [2.75, 3.05) is 0 Å². The highest BCUT2D eigenvalue weighted by molar-refractivity contribution is 6.24. The van der Waals surface area contributed by atoms with Crippen molar-refractivity contribution in [3.05, 3.63) is 35.9 Å². The summed E-state index contributed by atoms with van der Waals surface area (Å²) in [7, 11) is 0. The van der Waals surface area contributed by atoms with E-state index >= 15 is 0 Å². The molecule has 0 spiro atoms. The Kier molecular flexibility index (Phi) is 0.978. The number of carboxylic acid groups (broad SMARTS) is 1. The number of aromatic carboxylic acids is 1. The van der Waals surface area contributed by atoms with E-state index in [2.05, 4.69) is 0 Å². The highest BCUT2D eigenvalue weighted by Crippen LogP contribution is 2.49. The fourth-order valence-corrected chi connectivity index (χ4v) is 1.85. The molecule has 62 valence electrons. The van der Waals surface area contributed by atoms with Crippen LogP contribution in [0.3, 0.4) is 0 Å². The first-order valence-electron chi connectivity index (χ1n) is 4.08. The van der Waals surface area contributed by atoms with E-state index in [4.69, 9.17) is 5.11 Å². The molecule has 13 heavy (non-hydrogen) atoms. The van der Waals surface area contributed by atoms with Gasteiger partial charge in [0.15, 0.2) is 0 Å². The van der Waals surface area contributed by atoms with Crippen molar-refractivity contribution >= 4 is 16.7 Å². The second-order valence-electron chi connectivity index (χ2n) is 3.20. The number of hydrogen-bond donors (Lipinski definition) is 1. The first kappa shape index (κ1) is 6.66. The number of hydrogen-bond acceptors (Lipinski definition) is 1. The van der Waals surface area contributed by atoms with E-state index in [-0.39, 0.29) is 0 Å². The first-order chi connectivity index (χ1) is 6.29. The lowest BCUT2D eigenvalue weighted by Gasteiger charge is -1.87. The second kappa shape index (κ2) is 1.91. The minimum Gasteiger partial charge on any atom is -0.478 e. The Bertz CT molecular complexity index is 541. The number of fused-ring (bicyclic) bond motifs is 3. The van der Waals surface area contributed by atoms with Crippen molar-refractivity contribution in [3.63, 3.8) is 0 Å². The molecule has 0 radical (unpaired) electrons. The number of rotatable bonds is 1. The van der Waals surface area contributed by atoms with Crippen molar-refractivity contribution in [1.29, 1.82) is 0 Å². The van der Waals surface area contributed by atoms with E-state index in [1.54, 1.807) is 0 Å². The van der Waals surface area contributed by atoms with E-state index in [1.807, 2.05) is 30.3 Å². The lowest BCUT2D eigenvalue weighted by molar-refractivity contribution is 0.0703. The van der Waals surface area contributed by atoms with Gasteiger partial charge in [0.05, 0.1) is 5.56 Å². The minimum absolute atomic E-state index is 0.499. The molecule has 0 aliphatic heterocycles. The molecule has 0 aromatic heterocycles. The van der Waals surface area contributed by atoms with Crippen LogP contribution in [0.25, 0.3) is 21.9 Å². The topological polar surface area (TPSA) is 37.3 Å². The molecule has 2 aliphatic rings. The highest BCUT2D eigenvalue weighted by atomic mass is 16.4. The maximum atomic E-state index is 10.7. The quantitative estimate of drug-likeness (QED) is 0.609. The summed E-state index contributed by atoms with van der Waals surface area (Å²) in [6.45, 7) is 0. The molecule has 0 heterocycles. The average molecular weight is 170 g/mol. The minimum atomic E-state index is -0.809. The third-order valence-electron chi connectivity index (χ3n) is 2.47. The van der Waals surface area contributed by atoms with Crippen molar-refractivity contribution in [2.45, 2.75) is 0 Å². The zero-order valence-electron chi connectivity index (χ0n) is 6.74. The lowest BCUT2D eigenvalue weighted by Crippen LogP contribution is -1.86. The molecule has 0 saturated heterocycles. The van der Waals surface area contributed by atoms with Crippen molar-refractivity contribution in [3.8, 4) is 11.1 Å². The molecule has 1 aromatic carbocycles. The van der Waals surface area contributed by atoms with E-state index in [1.165, 1.54) is 0 Å². The average Bonchev–Trinajstić information content (AvgIpc) is 2.71. The summed E-state index contributed by atoms with van der Waals surface area (Å²) in [5, 5.41) is 11.0. The Hall–Kier alpha value is -1.83. The summed E-state index contributed by atoms with van der Waals surface area (Å²) in [5.41, 5.74) is 2.34. The molecule has 0 unspecified atom stereocenters. The van der Waals surface area contributed by atoms with Crippen LogP contribution in [-0.2, 0) is 0 Å². The molecule has 0 amide bonds. The fraction of sp³-hybridized carbons (Fsp3) is 0. The van der Waals surface area contributed by atoms with Gasteiger partial charge in [0.1, 0.15) is 0 Å². The second-order valence-corrected chi connectivity index (χ2v) is 3.20. The van der Waals surface area contributed by atoms with Crippen LogP contribution in [0.15, 0.2) is 30.3 Å². The van der Waals surface area contributed by atoms with E-state index in [0.29, 0.717) is 5.56 Å². The first-order valence-corrected chi connectivity index (χ1v) is 4.08.